The van der Waals surface area contributed by atoms with Crippen LogP contribution < -0.4 is 5.73 Å². The molecule has 1 heterocycles. The van der Waals surface area contributed by atoms with E-state index in [2.05, 4.69) is 4.98 Å². The summed E-state index contributed by atoms with van der Waals surface area (Å²) < 4.78 is 0. The second kappa shape index (κ2) is 7.26. The van der Waals surface area contributed by atoms with Gasteiger partial charge in [-0.25, -0.2) is 0 Å². The number of Topliss-reactive ketones (excluding diaryl/α,β-unsaturated/α-hetero) is 2. The zero-order chi connectivity index (χ0) is 24.5. The zero-order valence-electron chi connectivity index (χ0n) is 18.2. The van der Waals surface area contributed by atoms with Crippen LogP contribution in [0.1, 0.15) is 29.5 Å². The highest BCUT2D eigenvalue weighted by atomic mass is 16.3. The number of rotatable bonds is 2. The molecule has 0 bridgehead atoms. The Morgan fingerprint density at radius 2 is 1.88 bits per heavy atom. The summed E-state index contributed by atoms with van der Waals surface area (Å²) in [7, 11) is 0. The van der Waals surface area contributed by atoms with Crippen molar-refractivity contribution in [2.24, 2.45) is 17.6 Å². The van der Waals surface area contributed by atoms with Gasteiger partial charge in [0.05, 0.1) is 11.3 Å². The molecule has 6 N–H and O–H groups in total. The predicted molar refractivity (Wildman–Crippen MR) is 119 cm³/mol. The number of aliphatic hydroxyl groups excluding tert-OH is 2. The molecule has 3 atom stereocenters. The molecule has 174 valence electrons. The summed E-state index contributed by atoms with van der Waals surface area (Å²) in [6.45, 7) is 1.91. The second-order valence-corrected chi connectivity index (χ2v) is 9.11. The average Bonchev–Trinajstić information content (AvgIpc) is 2.76. The van der Waals surface area contributed by atoms with E-state index < -0.39 is 52.0 Å². The van der Waals surface area contributed by atoms with Gasteiger partial charge in [-0.1, -0.05) is 0 Å². The maximum Gasteiger partial charge on any atom is 0.255 e. The number of carbonyl (C=O) groups excluding carboxylic acids is 3. The van der Waals surface area contributed by atoms with Crippen molar-refractivity contribution in [3.63, 3.8) is 0 Å². The van der Waals surface area contributed by atoms with Crippen LogP contribution in [0.15, 0.2) is 47.4 Å². The molecular formula is C25H22N2O7. The summed E-state index contributed by atoms with van der Waals surface area (Å²) in [5.41, 5.74) is 4.56. The topological polar surface area (TPSA) is 171 Å². The maximum absolute atomic E-state index is 13.5. The number of aryl methyl sites for hydroxylation is 1. The number of aromatic hydroxyl groups is 1. The van der Waals surface area contributed by atoms with E-state index in [4.69, 9.17) is 5.73 Å². The van der Waals surface area contributed by atoms with Crippen LogP contribution in [-0.2, 0) is 20.8 Å². The van der Waals surface area contributed by atoms with Gasteiger partial charge in [-0.05, 0) is 61.1 Å². The van der Waals surface area contributed by atoms with Gasteiger partial charge in [0.2, 0.25) is 5.78 Å². The number of primary amides is 1. The van der Waals surface area contributed by atoms with E-state index in [0.717, 1.165) is 5.56 Å². The van der Waals surface area contributed by atoms with Gasteiger partial charge in [0.25, 0.3) is 5.91 Å². The van der Waals surface area contributed by atoms with Crippen LogP contribution in [0.5, 0.6) is 5.75 Å². The standard InChI is InChI=1S/C25H22N2O7/c1-10-4-5-27-15(6-10)13-2-3-16(28)19-14(13)8-11-7-12-9-17(29)20(24(26)33)23(32)25(12,34)22(31)18(11)21(19)30/h2-6,11-12,28,30,32,34H,7-9H2,1H3,(H2,26,33). The van der Waals surface area contributed by atoms with Crippen LogP contribution in [0.2, 0.25) is 0 Å². The minimum absolute atomic E-state index is 0.0490. The maximum atomic E-state index is 13.5. The summed E-state index contributed by atoms with van der Waals surface area (Å²) >= 11 is 0. The van der Waals surface area contributed by atoms with E-state index in [0.29, 0.717) is 16.8 Å². The van der Waals surface area contributed by atoms with E-state index in [1.165, 1.54) is 6.07 Å². The summed E-state index contributed by atoms with van der Waals surface area (Å²) in [5, 5.41) is 43.6. The van der Waals surface area contributed by atoms with Crippen molar-refractivity contribution in [3.8, 4) is 17.0 Å². The smallest absolute Gasteiger partial charge is 0.255 e. The van der Waals surface area contributed by atoms with Gasteiger partial charge in [0, 0.05) is 29.7 Å². The van der Waals surface area contributed by atoms with Gasteiger partial charge >= 0.3 is 0 Å². The van der Waals surface area contributed by atoms with E-state index in [9.17, 15) is 34.8 Å². The third-order valence-corrected chi connectivity index (χ3v) is 7.14. The highest BCUT2D eigenvalue weighted by molar-refractivity contribution is 6.22. The first-order chi connectivity index (χ1) is 16.1. The number of hydrogen-bond acceptors (Lipinski definition) is 8. The van der Waals surface area contributed by atoms with E-state index >= 15 is 0 Å². The monoisotopic (exact) mass is 462 g/mol. The molecule has 9 nitrogen and oxygen atoms in total. The molecular weight excluding hydrogens is 440 g/mol. The van der Waals surface area contributed by atoms with E-state index in [-0.39, 0.29) is 36.1 Å². The fourth-order valence-electron chi connectivity index (χ4n) is 5.54. The number of phenols is 1. The molecule has 3 aliphatic rings. The fraction of sp³-hybridized carbons (Fsp3) is 0.280. The molecule has 1 amide bonds. The lowest BCUT2D eigenvalue weighted by molar-refractivity contribution is -0.147. The Kier molecular flexibility index (Phi) is 4.66. The minimum atomic E-state index is -2.57. The van der Waals surface area contributed by atoms with Crippen LogP contribution in [0.4, 0.5) is 0 Å². The lowest BCUT2D eigenvalue weighted by Crippen LogP contribution is -2.58. The molecule has 3 unspecified atom stereocenters. The van der Waals surface area contributed by atoms with Crippen molar-refractivity contribution in [1.82, 2.24) is 4.98 Å². The molecule has 0 saturated heterocycles. The number of nitrogens with two attached hydrogens (primary N) is 1. The van der Waals surface area contributed by atoms with Crippen molar-refractivity contribution < 1.29 is 34.8 Å². The highest BCUT2D eigenvalue weighted by Gasteiger charge is 2.60. The van der Waals surface area contributed by atoms with Gasteiger partial charge in [0.1, 0.15) is 22.8 Å². The number of aromatic nitrogens is 1. The van der Waals surface area contributed by atoms with Gasteiger partial charge in [-0.2, -0.15) is 0 Å². The summed E-state index contributed by atoms with van der Waals surface area (Å²) in [6.07, 6.45) is 1.61. The Hall–Kier alpha value is -3.98. The Balaban J connectivity index is 1.71. The first-order valence-electron chi connectivity index (χ1n) is 10.8. The number of phenolic OH excluding ortho intramolecular Hbond substituents is 1. The molecule has 9 heteroatoms. The number of carbonyl (C=O) groups is 3. The first kappa shape index (κ1) is 21.8. The largest absolute Gasteiger partial charge is 0.508 e. The fourth-order valence-corrected chi connectivity index (χ4v) is 5.54. The Bertz CT molecular complexity index is 1370. The van der Waals surface area contributed by atoms with Crippen LogP contribution in [-0.4, -0.2) is 48.5 Å². The number of pyridine rings is 1. The number of amides is 1. The molecule has 1 fully saturated rings. The van der Waals surface area contributed by atoms with E-state index in [1.807, 2.05) is 19.1 Å². The Morgan fingerprint density at radius 1 is 1.15 bits per heavy atom. The highest BCUT2D eigenvalue weighted by Crippen LogP contribution is 2.52. The van der Waals surface area contributed by atoms with Gasteiger partial charge in [0.15, 0.2) is 11.4 Å². The van der Waals surface area contributed by atoms with Crippen molar-refractivity contribution in [2.75, 3.05) is 0 Å². The van der Waals surface area contributed by atoms with Crippen LogP contribution in [0.25, 0.3) is 17.0 Å². The molecule has 0 aliphatic heterocycles. The average molecular weight is 462 g/mol. The Labute approximate surface area is 193 Å². The van der Waals surface area contributed by atoms with Gasteiger partial charge in [-0.15, -0.1) is 0 Å². The Morgan fingerprint density at radius 3 is 2.56 bits per heavy atom. The lowest BCUT2D eigenvalue weighted by Gasteiger charge is -2.46. The van der Waals surface area contributed by atoms with Gasteiger partial charge < -0.3 is 26.2 Å². The number of hydrogen-bond donors (Lipinski definition) is 5. The van der Waals surface area contributed by atoms with E-state index in [1.54, 1.807) is 12.3 Å². The molecule has 5 rings (SSSR count). The predicted octanol–water partition coefficient (Wildman–Crippen LogP) is 1.79. The third kappa shape index (κ3) is 2.83. The number of aliphatic hydroxyl groups is 3. The van der Waals surface area contributed by atoms with Gasteiger partial charge in [-0.3, -0.25) is 19.4 Å². The second-order valence-electron chi connectivity index (χ2n) is 9.11. The molecule has 3 aliphatic carbocycles. The number of ketones is 2. The first-order valence-corrected chi connectivity index (χ1v) is 10.8. The lowest BCUT2D eigenvalue weighted by atomic mass is 9.59. The molecule has 1 aromatic carbocycles. The van der Waals surface area contributed by atoms with Crippen molar-refractivity contribution in [1.29, 1.82) is 0 Å². The number of fused-ring (bicyclic) bond motifs is 3. The minimum Gasteiger partial charge on any atom is -0.508 e. The van der Waals surface area contributed by atoms with Crippen molar-refractivity contribution >= 4 is 23.2 Å². The number of nitrogens with zero attached hydrogens (tertiary/aromatic N) is 1. The summed E-state index contributed by atoms with van der Waals surface area (Å²) in [6, 6.07) is 6.78. The van der Waals surface area contributed by atoms with Crippen molar-refractivity contribution in [3.05, 3.63) is 64.1 Å². The molecule has 1 aromatic heterocycles. The molecule has 2 aromatic rings. The summed E-state index contributed by atoms with van der Waals surface area (Å²) in [5.74, 6) is -6.46. The summed E-state index contributed by atoms with van der Waals surface area (Å²) in [4.78, 5) is 42.1. The van der Waals surface area contributed by atoms with Crippen LogP contribution >= 0.6 is 0 Å². The molecule has 1 saturated carbocycles. The van der Waals surface area contributed by atoms with Crippen LogP contribution in [0, 0.1) is 18.8 Å². The zero-order valence-corrected chi connectivity index (χ0v) is 18.2. The molecule has 34 heavy (non-hydrogen) atoms. The third-order valence-electron chi connectivity index (χ3n) is 7.14. The quantitative estimate of drug-likeness (QED) is 0.420. The normalized spacial score (nSPS) is 26.2. The van der Waals surface area contributed by atoms with Crippen LogP contribution in [0.3, 0.4) is 0 Å². The molecule has 0 spiro atoms. The van der Waals surface area contributed by atoms with Crippen molar-refractivity contribution in [2.45, 2.75) is 31.8 Å². The number of benzene rings is 1. The SMILES string of the molecule is Cc1ccnc(-c2ccc(O)c3c2CC2CC4CC(=O)C(C(N)=O)=C(O)C4(O)C(=O)C2=C3O)c1. The molecule has 0 radical (unpaired) electrons.